The molecule has 1 heteroatoms. The van der Waals surface area contributed by atoms with Crippen LogP contribution in [-0.4, -0.2) is 12.2 Å². The van der Waals surface area contributed by atoms with Gasteiger partial charge in [0, 0.05) is 7.11 Å². The summed E-state index contributed by atoms with van der Waals surface area (Å²) < 4.78 is 0. The minimum atomic E-state index is 1.00. The summed E-state index contributed by atoms with van der Waals surface area (Å²) in [6.07, 6.45) is 1.25. The third kappa shape index (κ3) is 58400. The molecule has 0 saturated heterocycles. The molecule has 0 radical (unpaired) electrons. The molecule has 0 atom stereocenters. The minimum absolute atomic E-state index is 1.00. The molecule has 0 spiro atoms. The third-order valence-corrected chi connectivity index (χ3v) is 0. The number of hydrogen-bond acceptors (Lipinski definition) is 1. The molecule has 0 aromatic heterocycles. The van der Waals surface area contributed by atoms with E-state index in [1.165, 1.54) is 6.42 Å². The Morgan fingerprint density at radius 3 is 1.00 bits per heavy atom. The Morgan fingerprint density at radius 2 is 1.00 bits per heavy atom. The van der Waals surface area contributed by atoms with Crippen molar-refractivity contribution in [2.24, 2.45) is 0 Å². The zero-order chi connectivity index (χ0) is 6.71. The van der Waals surface area contributed by atoms with Crippen LogP contribution in [0.4, 0.5) is 0 Å². The summed E-state index contributed by atoms with van der Waals surface area (Å²) in [5, 5.41) is 7.00. The monoisotopic (exact) mass is 106 g/mol. The van der Waals surface area contributed by atoms with E-state index in [-0.39, 0.29) is 0 Å². The highest BCUT2D eigenvalue weighted by Crippen LogP contribution is 1.56. The Morgan fingerprint density at radius 1 is 1.00 bits per heavy atom. The average molecular weight is 106 g/mol. The van der Waals surface area contributed by atoms with Crippen molar-refractivity contribution in [3.8, 4) is 0 Å². The molecule has 0 saturated carbocycles. The maximum absolute atomic E-state index is 7.00. The molecule has 0 amide bonds. The molecule has 0 heterocycles. The second-order valence-corrected chi connectivity index (χ2v) is 0.707. The van der Waals surface area contributed by atoms with Crippen molar-refractivity contribution in [3.63, 3.8) is 0 Å². The molecule has 0 aliphatic heterocycles. The van der Waals surface area contributed by atoms with E-state index in [1.54, 1.807) is 0 Å². The van der Waals surface area contributed by atoms with Crippen molar-refractivity contribution in [1.82, 2.24) is 0 Å². The largest absolute Gasteiger partial charge is 0.400 e. The van der Waals surface area contributed by atoms with Crippen molar-refractivity contribution in [2.75, 3.05) is 7.11 Å². The van der Waals surface area contributed by atoms with Crippen molar-refractivity contribution in [1.29, 1.82) is 0 Å². The van der Waals surface area contributed by atoms with Crippen LogP contribution in [0, 0.1) is 0 Å². The molecule has 0 aliphatic rings. The highest BCUT2D eigenvalue weighted by molar-refractivity contribution is 3.92. The lowest BCUT2D eigenvalue weighted by atomic mass is 10.6. The highest BCUT2D eigenvalue weighted by Gasteiger charge is 1.35. The second-order valence-electron chi connectivity index (χ2n) is 0.707. The smallest absolute Gasteiger partial charge is 0.0319 e. The van der Waals surface area contributed by atoms with Gasteiger partial charge in [-0.05, 0) is 0 Å². The standard InChI is InChI=1S/C3H8.C2H6.CH4O/c1-3-2;2*1-2/h3H2,1-2H3;1-2H3;2H,1H3. The van der Waals surface area contributed by atoms with Crippen LogP contribution in [0.25, 0.3) is 0 Å². The van der Waals surface area contributed by atoms with Gasteiger partial charge in [0.1, 0.15) is 0 Å². The fraction of sp³-hybridized carbons (Fsp3) is 1.00. The van der Waals surface area contributed by atoms with Gasteiger partial charge in [0.15, 0.2) is 0 Å². The fourth-order valence-electron chi connectivity index (χ4n) is 0. The Balaban J connectivity index is -0.0000000360. The van der Waals surface area contributed by atoms with Gasteiger partial charge in [-0.1, -0.05) is 34.1 Å². The lowest BCUT2D eigenvalue weighted by Gasteiger charge is -1.48. The van der Waals surface area contributed by atoms with Crippen LogP contribution in [0.15, 0.2) is 0 Å². The van der Waals surface area contributed by atoms with Crippen molar-refractivity contribution < 1.29 is 5.11 Å². The van der Waals surface area contributed by atoms with E-state index in [9.17, 15) is 0 Å². The van der Waals surface area contributed by atoms with Crippen molar-refractivity contribution >= 4 is 0 Å². The van der Waals surface area contributed by atoms with Crippen LogP contribution in [0.1, 0.15) is 34.1 Å². The molecule has 0 aromatic carbocycles. The first-order chi connectivity index (χ1) is 3.41. The molecule has 0 aromatic rings. The Labute approximate surface area is 47.4 Å². The summed E-state index contributed by atoms with van der Waals surface area (Å²) in [6.45, 7) is 8.25. The van der Waals surface area contributed by atoms with Crippen LogP contribution >= 0.6 is 0 Å². The van der Waals surface area contributed by atoms with Crippen LogP contribution in [0.3, 0.4) is 0 Å². The molecule has 0 fully saturated rings. The SMILES string of the molecule is CC.CCC.CO. The first-order valence-electron chi connectivity index (χ1n) is 2.86. The van der Waals surface area contributed by atoms with Crippen LogP contribution in [0.5, 0.6) is 0 Å². The lowest BCUT2D eigenvalue weighted by molar-refractivity contribution is 0.399. The number of aliphatic hydroxyl groups excluding tert-OH is 1. The van der Waals surface area contributed by atoms with Gasteiger partial charge < -0.3 is 5.11 Å². The third-order valence-electron chi connectivity index (χ3n) is 0. The summed E-state index contributed by atoms with van der Waals surface area (Å²) in [5.74, 6) is 0. The summed E-state index contributed by atoms with van der Waals surface area (Å²) in [7, 11) is 1.00. The highest BCUT2D eigenvalue weighted by atomic mass is 16.2. The molecule has 1 nitrogen and oxygen atoms in total. The zero-order valence-electron chi connectivity index (χ0n) is 6.15. The predicted octanol–water partition coefficient (Wildman–Crippen LogP) is 2.05. The molecular formula is C6H18O. The average Bonchev–Trinajstić information content (AvgIpc) is 1.78. The summed E-state index contributed by atoms with van der Waals surface area (Å²) in [4.78, 5) is 0. The molecule has 7 heavy (non-hydrogen) atoms. The second kappa shape index (κ2) is 159. The fourth-order valence-corrected chi connectivity index (χ4v) is 0. The van der Waals surface area contributed by atoms with Crippen molar-refractivity contribution in [3.05, 3.63) is 0 Å². The first-order valence-corrected chi connectivity index (χ1v) is 2.86. The quantitative estimate of drug-likeness (QED) is 0.501. The van der Waals surface area contributed by atoms with Gasteiger partial charge >= 0.3 is 0 Å². The van der Waals surface area contributed by atoms with Gasteiger partial charge in [-0.2, -0.15) is 0 Å². The lowest BCUT2D eigenvalue weighted by Crippen LogP contribution is -1.27. The summed E-state index contributed by atoms with van der Waals surface area (Å²) in [6, 6.07) is 0. The van der Waals surface area contributed by atoms with Crippen LogP contribution < -0.4 is 0 Å². The number of hydrogen-bond donors (Lipinski definition) is 1. The van der Waals surface area contributed by atoms with Gasteiger partial charge in [0.05, 0.1) is 0 Å². The first kappa shape index (κ1) is 15.8. The zero-order valence-corrected chi connectivity index (χ0v) is 6.15. The molecule has 0 rings (SSSR count). The van der Waals surface area contributed by atoms with E-state index < -0.39 is 0 Å². The topological polar surface area (TPSA) is 20.2 Å². The van der Waals surface area contributed by atoms with Crippen LogP contribution in [0.2, 0.25) is 0 Å². The van der Waals surface area contributed by atoms with Crippen LogP contribution in [-0.2, 0) is 0 Å². The van der Waals surface area contributed by atoms with E-state index >= 15 is 0 Å². The molecular weight excluding hydrogens is 88.1 g/mol. The Bertz CT molecular complexity index is 4.14. The van der Waals surface area contributed by atoms with E-state index in [1.807, 2.05) is 13.8 Å². The van der Waals surface area contributed by atoms with Gasteiger partial charge in [-0.15, -0.1) is 0 Å². The maximum Gasteiger partial charge on any atom is 0.0319 e. The van der Waals surface area contributed by atoms with E-state index in [0.29, 0.717) is 0 Å². The van der Waals surface area contributed by atoms with E-state index in [4.69, 9.17) is 5.11 Å². The molecule has 1 N–H and O–H groups in total. The van der Waals surface area contributed by atoms with E-state index in [2.05, 4.69) is 13.8 Å². The predicted molar refractivity (Wildman–Crippen MR) is 35.5 cm³/mol. The summed E-state index contributed by atoms with van der Waals surface area (Å²) in [5.41, 5.74) is 0. The number of rotatable bonds is 0. The summed E-state index contributed by atoms with van der Waals surface area (Å²) >= 11 is 0. The van der Waals surface area contributed by atoms with Gasteiger partial charge in [0.25, 0.3) is 0 Å². The van der Waals surface area contributed by atoms with Gasteiger partial charge in [-0.3, -0.25) is 0 Å². The van der Waals surface area contributed by atoms with Gasteiger partial charge in [0.2, 0.25) is 0 Å². The maximum atomic E-state index is 7.00. The Kier molecular flexibility index (Phi) is 358. The normalized spacial score (nSPS) is 4.29. The molecule has 0 unspecified atom stereocenters. The van der Waals surface area contributed by atoms with E-state index in [0.717, 1.165) is 7.11 Å². The molecule has 0 aliphatic carbocycles. The molecule has 0 bridgehead atoms. The number of aliphatic hydroxyl groups is 1. The molecule has 48 valence electrons. The van der Waals surface area contributed by atoms with Crippen molar-refractivity contribution in [2.45, 2.75) is 34.1 Å². The Hall–Kier alpha value is -0.0400. The van der Waals surface area contributed by atoms with Gasteiger partial charge in [-0.25, -0.2) is 0 Å². The minimum Gasteiger partial charge on any atom is -0.400 e.